The largest absolute Gasteiger partial charge is 0.493 e. The van der Waals surface area contributed by atoms with Gasteiger partial charge in [-0.05, 0) is 28.8 Å². The molecule has 1 unspecified atom stereocenters. The minimum Gasteiger partial charge on any atom is -0.493 e. The summed E-state index contributed by atoms with van der Waals surface area (Å²) in [6.45, 7) is 4.61. The molecule has 0 fully saturated rings. The third-order valence-electron chi connectivity index (χ3n) is 4.50. The summed E-state index contributed by atoms with van der Waals surface area (Å²) in [5.74, 6) is -0.852. The van der Waals surface area contributed by atoms with Crippen LogP contribution in [0, 0.1) is 5.92 Å². The predicted octanol–water partition coefficient (Wildman–Crippen LogP) is 3.22. The van der Waals surface area contributed by atoms with Crippen molar-refractivity contribution in [3.05, 3.63) is 65.2 Å². The number of carboxylic acid groups (broad SMARTS) is 1. The number of carboxylic acids is 1. The van der Waals surface area contributed by atoms with E-state index in [9.17, 15) is 14.7 Å². The van der Waals surface area contributed by atoms with Crippen molar-refractivity contribution >= 4 is 11.9 Å². The van der Waals surface area contributed by atoms with Crippen molar-refractivity contribution in [1.29, 1.82) is 0 Å². The number of methoxy groups -OCH3 is 1. The molecule has 0 saturated heterocycles. The van der Waals surface area contributed by atoms with E-state index < -0.39 is 12.0 Å². The summed E-state index contributed by atoms with van der Waals surface area (Å²) in [6, 6.07) is 14.6. The third kappa shape index (κ3) is 7.58. The fraction of sp³-hybridized carbons (Fsp3) is 0.391. The molecule has 29 heavy (non-hydrogen) atoms. The van der Waals surface area contributed by atoms with Gasteiger partial charge in [-0.1, -0.05) is 50.2 Å². The molecule has 2 aromatic rings. The number of benzene rings is 2. The minimum atomic E-state index is -1.05. The van der Waals surface area contributed by atoms with Crippen molar-refractivity contribution in [2.24, 2.45) is 5.92 Å². The number of nitrogens with one attached hydrogen (secondary N) is 1. The zero-order chi connectivity index (χ0) is 21.2. The Kier molecular flexibility index (Phi) is 8.68. The van der Waals surface area contributed by atoms with Crippen molar-refractivity contribution in [3.63, 3.8) is 0 Å². The van der Waals surface area contributed by atoms with Crippen LogP contribution in [-0.4, -0.2) is 36.7 Å². The van der Waals surface area contributed by atoms with Gasteiger partial charge in [-0.2, -0.15) is 0 Å². The maximum atomic E-state index is 11.8. The van der Waals surface area contributed by atoms with Crippen molar-refractivity contribution in [3.8, 4) is 5.75 Å². The van der Waals surface area contributed by atoms with Gasteiger partial charge in [0.25, 0.3) is 0 Å². The summed E-state index contributed by atoms with van der Waals surface area (Å²) in [5.41, 5.74) is 3.14. The molecule has 6 heteroatoms. The molecule has 2 rings (SSSR count). The fourth-order valence-electron chi connectivity index (χ4n) is 2.75. The lowest BCUT2D eigenvalue weighted by molar-refractivity contribution is -0.142. The van der Waals surface area contributed by atoms with E-state index in [1.54, 1.807) is 21.0 Å². The summed E-state index contributed by atoms with van der Waals surface area (Å²) in [7, 11) is 1.68. The second-order valence-electron chi connectivity index (χ2n) is 7.25. The monoisotopic (exact) mass is 399 g/mol. The quantitative estimate of drug-likeness (QED) is 0.606. The normalized spacial score (nSPS) is 11.9. The van der Waals surface area contributed by atoms with Gasteiger partial charge in [0, 0.05) is 25.9 Å². The number of aliphatic carboxylic acids is 1. The van der Waals surface area contributed by atoms with Crippen LogP contribution in [0.4, 0.5) is 0 Å². The van der Waals surface area contributed by atoms with Crippen LogP contribution in [0.25, 0.3) is 0 Å². The molecular weight excluding hydrogens is 370 g/mol. The fourth-order valence-corrected chi connectivity index (χ4v) is 2.75. The summed E-state index contributed by atoms with van der Waals surface area (Å²) in [6.07, 6.45) is 1.01. The molecule has 6 nitrogen and oxygen atoms in total. The molecule has 0 aromatic heterocycles. The zero-order valence-electron chi connectivity index (χ0n) is 17.2. The van der Waals surface area contributed by atoms with Crippen LogP contribution in [0.5, 0.6) is 5.75 Å². The van der Waals surface area contributed by atoms with Crippen molar-refractivity contribution in [1.82, 2.24) is 5.32 Å². The van der Waals surface area contributed by atoms with Crippen molar-refractivity contribution < 1.29 is 24.2 Å². The Balaban J connectivity index is 1.84. The summed E-state index contributed by atoms with van der Waals surface area (Å²) >= 11 is 0. The van der Waals surface area contributed by atoms with Gasteiger partial charge < -0.3 is 19.9 Å². The molecule has 0 heterocycles. The van der Waals surface area contributed by atoms with E-state index in [0.717, 1.165) is 23.3 Å². The first-order valence-corrected chi connectivity index (χ1v) is 9.70. The highest BCUT2D eigenvalue weighted by Crippen LogP contribution is 2.15. The van der Waals surface area contributed by atoms with Crippen LogP contribution in [0.3, 0.4) is 0 Å². The van der Waals surface area contributed by atoms with Crippen LogP contribution in [0.2, 0.25) is 0 Å². The van der Waals surface area contributed by atoms with Crippen LogP contribution in [-0.2, 0) is 33.8 Å². The summed E-state index contributed by atoms with van der Waals surface area (Å²) in [5, 5.41) is 11.9. The number of rotatable bonds is 11. The lowest BCUT2D eigenvalue weighted by Gasteiger charge is -2.16. The Bertz CT molecular complexity index is 784. The molecular formula is C23H29NO5. The summed E-state index contributed by atoms with van der Waals surface area (Å²) < 4.78 is 10.9. The SMILES string of the molecule is COCc1ccc(CCOc2ccc(CC(NC(=O)C(C)C)C(=O)O)cc2)cc1. The molecule has 0 radical (unpaired) electrons. The van der Waals surface area contributed by atoms with E-state index in [1.165, 1.54) is 5.56 Å². The van der Waals surface area contributed by atoms with Gasteiger partial charge in [0.1, 0.15) is 11.8 Å². The lowest BCUT2D eigenvalue weighted by atomic mass is 10.0. The molecule has 0 bridgehead atoms. The predicted molar refractivity (Wildman–Crippen MR) is 111 cm³/mol. The van der Waals surface area contributed by atoms with Gasteiger partial charge in [-0.25, -0.2) is 4.79 Å². The number of hydrogen-bond donors (Lipinski definition) is 2. The molecule has 0 saturated carbocycles. The average molecular weight is 399 g/mol. The van der Waals surface area contributed by atoms with Gasteiger partial charge >= 0.3 is 5.97 Å². The Morgan fingerprint density at radius 3 is 2.10 bits per heavy atom. The van der Waals surface area contributed by atoms with Crippen LogP contribution in [0.1, 0.15) is 30.5 Å². The second-order valence-corrected chi connectivity index (χ2v) is 7.25. The number of hydrogen-bond acceptors (Lipinski definition) is 4. The average Bonchev–Trinajstić information content (AvgIpc) is 2.70. The Hall–Kier alpha value is -2.86. The first-order valence-electron chi connectivity index (χ1n) is 9.70. The van der Waals surface area contributed by atoms with Crippen molar-refractivity contribution in [2.45, 2.75) is 39.3 Å². The molecule has 2 N–H and O–H groups in total. The van der Waals surface area contributed by atoms with E-state index >= 15 is 0 Å². The Morgan fingerprint density at radius 2 is 1.55 bits per heavy atom. The van der Waals surface area contributed by atoms with Gasteiger partial charge in [0.05, 0.1) is 13.2 Å². The number of amides is 1. The van der Waals surface area contributed by atoms with Gasteiger partial charge in [-0.15, -0.1) is 0 Å². The smallest absolute Gasteiger partial charge is 0.326 e. The van der Waals surface area contributed by atoms with E-state index in [0.29, 0.717) is 13.2 Å². The van der Waals surface area contributed by atoms with Crippen LogP contribution < -0.4 is 10.1 Å². The van der Waals surface area contributed by atoms with Gasteiger partial charge in [0.2, 0.25) is 5.91 Å². The van der Waals surface area contributed by atoms with Gasteiger partial charge in [0.15, 0.2) is 0 Å². The highest BCUT2D eigenvalue weighted by Gasteiger charge is 2.21. The molecule has 0 spiro atoms. The van der Waals surface area contributed by atoms with E-state index in [1.807, 2.05) is 36.4 Å². The van der Waals surface area contributed by atoms with Crippen LogP contribution in [0.15, 0.2) is 48.5 Å². The number of carbonyl (C=O) groups is 2. The molecule has 2 aromatic carbocycles. The minimum absolute atomic E-state index is 0.224. The topological polar surface area (TPSA) is 84.9 Å². The third-order valence-corrected chi connectivity index (χ3v) is 4.50. The summed E-state index contributed by atoms with van der Waals surface area (Å²) in [4.78, 5) is 23.2. The molecule has 0 aliphatic heterocycles. The van der Waals surface area contributed by atoms with Crippen LogP contribution >= 0.6 is 0 Å². The molecule has 1 amide bonds. The number of carbonyl (C=O) groups excluding carboxylic acids is 1. The standard InChI is InChI=1S/C23H29NO5/c1-16(2)22(25)24-21(23(26)27)14-18-8-10-20(11-9-18)29-13-12-17-4-6-19(7-5-17)15-28-3/h4-11,16,21H,12-15H2,1-3H3,(H,24,25)(H,26,27). The first-order chi connectivity index (χ1) is 13.9. The second kappa shape index (κ2) is 11.2. The lowest BCUT2D eigenvalue weighted by Crippen LogP contribution is -2.44. The van der Waals surface area contributed by atoms with E-state index in [-0.39, 0.29) is 18.2 Å². The maximum Gasteiger partial charge on any atom is 0.326 e. The Morgan fingerprint density at radius 1 is 0.966 bits per heavy atom. The highest BCUT2D eigenvalue weighted by atomic mass is 16.5. The molecule has 156 valence electrons. The number of ether oxygens (including phenoxy) is 2. The molecule has 0 aliphatic rings. The Labute approximate surface area is 171 Å². The highest BCUT2D eigenvalue weighted by molar-refractivity contribution is 5.84. The first kappa shape index (κ1) is 22.4. The van der Waals surface area contributed by atoms with E-state index in [4.69, 9.17) is 9.47 Å². The molecule has 0 aliphatic carbocycles. The zero-order valence-corrected chi connectivity index (χ0v) is 17.2. The molecule has 1 atom stereocenters. The van der Waals surface area contributed by atoms with E-state index in [2.05, 4.69) is 17.4 Å². The maximum absolute atomic E-state index is 11.8. The van der Waals surface area contributed by atoms with Gasteiger partial charge in [-0.3, -0.25) is 4.79 Å². The van der Waals surface area contributed by atoms with Crippen molar-refractivity contribution in [2.75, 3.05) is 13.7 Å².